The van der Waals surface area contributed by atoms with Gasteiger partial charge in [0, 0.05) is 34.0 Å². The first kappa shape index (κ1) is 24.1. The standard InChI is InChI=1S/C20H20F4N2O2S2/c21-19(22)29-15-9-5-13(6-10-15)25-17(27)3-1-2-4-18(28)26-14-7-11-16(12-8-14)30-20(23)24/h5-12,19-20H,1-4H2,(H,25,27)(H,26,28). The molecular weight excluding hydrogens is 440 g/mol. The molecule has 2 amide bonds. The molecule has 0 radical (unpaired) electrons. The van der Waals surface area contributed by atoms with Gasteiger partial charge >= 0.3 is 0 Å². The fourth-order valence-corrected chi connectivity index (χ4v) is 3.46. The van der Waals surface area contributed by atoms with Crippen LogP contribution in [0.3, 0.4) is 0 Å². The largest absolute Gasteiger partial charge is 0.326 e. The van der Waals surface area contributed by atoms with Crippen LogP contribution in [0.1, 0.15) is 25.7 Å². The van der Waals surface area contributed by atoms with Gasteiger partial charge < -0.3 is 10.6 Å². The van der Waals surface area contributed by atoms with Crippen LogP contribution in [0.15, 0.2) is 58.3 Å². The average molecular weight is 461 g/mol. The summed E-state index contributed by atoms with van der Waals surface area (Å²) in [6, 6.07) is 12.3. The molecule has 0 heterocycles. The molecule has 0 fully saturated rings. The smallest absolute Gasteiger partial charge is 0.288 e. The van der Waals surface area contributed by atoms with Gasteiger partial charge in [-0.05, 0) is 61.4 Å². The lowest BCUT2D eigenvalue weighted by atomic mass is 10.1. The summed E-state index contributed by atoms with van der Waals surface area (Å²) < 4.78 is 49.1. The molecule has 0 spiro atoms. The minimum absolute atomic E-state index is 0.223. The summed E-state index contributed by atoms with van der Waals surface area (Å²) in [4.78, 5) is 24.7. The van der Waals surface area contributed by atoms with Crippen LogP contribution < -0.4 is 10.6 Å². The number of rotatable bonds is 11. The van der Waals surface area contributed by atoms with Crippen molar-refractivity contribution in [2.45, 2.75) is 47.0 Å². The first-order valence-corrected chi connectivity index (χ1v) is 10.8. The number of carbonyl (C=O) groups excluding carboxylic acids is 2. The molecule has 0 atom stereocenters. The van der Waals surface area contributed by atoms with Crippen molar-refractivity contribution in [3.8, 4) is 0 Å². The Morgan fingerprint density at radius 1 is 0.667 bits per heavy atom. The molecule has 2 aromatic carbocycles. The molecule has 2 aromatic rings. The molecule has 0 aromatic heterocycles. The molecule has 2 rings (SSSR count). The van der Waals surface area contributed by atoms with Crippen molar-refractivity contribution in [3.63, 3.8) is 0 Å². The van der Waals surface area contributed by atoms with E-state index in [0.29, 0.717) is 57.5 Å². The van der Waals surface area contributed by atoms with Crippen molar-refractivity contribution in [3.05, 3.63) is 48.5 Å². The molecule has 0 aliphatic carbocycles. The third-order valence-corrected chi connectivity index (χ3v) is 5.23. The Labute approximate surface area is 180 Å². The highest BCUT2D eigenvalue weighted by atomic mass is 32.2. The van der Waals surface area contributed by atoms with Gasteiger partial charge in [0.2, 0.25) is 11.8 Å². The van der Waals surface area contributed by atoms with Gasteiger partial charge in [0.15, 0.2) is 0 Å². The molecule has 30 heavy (non-hydrogen) atoms. The van der Waals surface area contributed by atoms with Crippen LogP contribution in [0, 0.1) is 0 Å². The van der Waals surface area contributed by atoms with E-state index >= 15 is 0 Å². The van der Waals surface area contributed by atoms with Crippen molar-refractivity contribution in [1.29, 1.82) is 0 Å². The van der Waals surface area contributed by atoms with Crippen LogP contribution in [0.2, 0.25) is 0 Å². The Balaban J connectivity index is 1.64. The maximum atomic E-state index is 12.3. The zero-order valence-corrected chi connectivity index (χ0v) is 17.4. The number of alkyl halides is 4. The van der Waals surface area contributed by atoms with Gasteiger partial charge in [0.25, 0.3) is 11.5 Å². The predicted molar refractivity (Wildman–Crippen MR) is 112 cm³/mol. The molecule has 2 N–H and O–H groups in total. The number of benzene rings is 2. The molecule has 0 saturated heterocycles. The first-order chi connectivity index (χ1) is 14.3. The van der Waals surface area contributed by atoms with E-state index in [1.54, 1.807) is 24.3 Å². The topological polar surface area (TPSA) is 58.2 Å². The highest BCUT2D eigenvalue weighted by Gasteiger charge is 2.08. The number of carbonyl (C=O) groups is 2. The number of nitrogens with one attached hydrogen (secondary N) is 2. The second-order valence-corrected chi connectivity index (χ2v) is 8.24. The number of anilines is 2. The normalized spacial score (nSPS) is 11.0. The Bertz CT molecular complexity index is 749. The second kappa shape index (κ2) is 12.5. The zero-order valence-electron chi connectivity index (χ0n) is 15.7. The van der Waals surface area contributed by atoms with Gasteiger partial charge in [-0.1, -0.05) is 23.5 Å². The van der Waals surface area contributed by atoms with Gasteiger partial charge in [-0.3, -0.25) is 9.59 Å². The van der Waals surface area contributed by atoms with E-state index in [-0.39, 0.29) is 24.7 Å². The summed E-state index contributed by atoms with van der Waals surface area (Å²) in [5, 5.41) is 5.35. The molecule has 4 nitrogen and oxygen atoms in total. The van der Waals surface area contributed by atoms with Crippen molar-refractivity contribution < 1.29 is 27.2 Å². The maximum Gasteiger partial charge on any atom is 0.288 e. The summed E-state index contributed by atoms with van der Waals surface area (Å²) in [5.74, 6) is -5.44. The number of thioether (sulfide) groups is 2. The van der Waals surface area contributed by atoms with Crippen LogP contribution in [0.5, 0.6) is 0 Å². The van der Waals surface area contributed by atoms with Gasteiger partial charge in [0.1, 0.15) is 0 Å². The first-order valence-electron chi connectivity index (χ1n) is 9.01. The highest BCUT2D eigenvalue weighted by molar-refractivity contribution is 7.99. The van der Waals surface area contributed by atoms with Crippen LogP contribution in [-0.4, -0.2) is 23.3 Å². The molecular formula is C20H20F4N2O2S2. The maximum absolute atomic E-state index is 12.3. The van der Waals surface area contributed by atoms with Gasteiger partial charge in [-0.15, -0.1) is 0 Å². The van der Waals surface area contributed by atoms with E-state index in [1.807, 2.05) is 0 Å². The summed E-state index contributed by atoms with van der Waals surface area (Å²) in [6.07, 6.45) is 1.45. The number of hydrogen-bond acceptors (Lipinski definition) is 4. The number of unbranched alkanes of at least 4 members (excludes halogenated alkanes) is 1. The minimum Gasteiger partial charge on any atom is -0.326 e. The number of amides is 2. The van der Waals surface area contributed by atoms with E-state index < -0.39 is 11.5 Å². The molecule has 0 aliphatic heterocycles. The Morgan fingerprint density at radius 2 is 1.00 bits per heavy atom. The van der Waals surface area contributed by atoms with E-state index in [9.17, 15) is 27.2 Å². The molecule has 0 unspecified atom stereocenters. The monoisotopic (exact) mass is 460 g/mol. The van der Waals surface area contributed by atoms with Crippen molar-refractivity contribution in [1.82, 2.24) is 0 Å². The predicted octanol–water partition coefficient (Wildman–Crippen LogP) is 6.45. The van der Waals surface area contributed by atoms with Crippen LogP contribution >= 0.6 is 23.5 Å². The highest BCUT2D eigenvalue weighted by Crippen LogP contribution is 2.27. The van der Waals surface area contributed by atoms with Gasteiger partial charge in [-0.25, -0.2) is 0 Å². The summed E-state index contributed by atoms with van der Waals surface area (Å²) in [5.41, 5.74) is 1.04. The SMILES string of the molecule is O=C(CCCCC(=O)Nc1ccc(SC(F)F)cc1)Nc1ccc(SC(F)F)cc1. The summed E-state index contributed by atoms with van der Waals surface area (Å²) in [7, 11) is 0. The molecule has 0 bridgehead atoms. The molecule has 0 aliphatic rings. The lowest BCUT2D eigenvalue weighted by Gasteiger charge is -2.08. The Hall–Kier alpha value is -2.20. The fraction of sp³-hybridized carbons (Fsp3) is 0.300. The Morgan fingerprint density at radius 3 is 1.30 bits per heavy atom. The zero-order chi connectivity index (χ0) is 21.9. The summed E-state index contributed by atoms with van der Waals surface area (Å²) in [6.45, 7) is 0. The lowest BCUT2D eigenvalue weighted by molar-refractivity contribution is -0.118. The number of hydrogen-bond donors (Lipinski definition) is 2. The second-order valence-electron chi connectivity index (χ2n) is 6.11. The van der Waals surface area contributed by atoms with Gasteiger partial charge in [0.05, 0.1) is 0 Å². The third kappa shape index (κ3) is 9.53. The third-order valence-electron chi connectivity index (χ3n) is 3.78. The average Bonchev–Trinajstić information content (AvgIpc) is 2.67. The van der Waals surface area contributed by atoms with Crippen LogP contribution in [0.4, 0.5) is 28.9 Å². The van der Waals surface area contributed by atoms with Crippen molar-refractivity contribution in [2.75, 3.05) is 10.6 Å². The van der Waals surface area contributed by atoms with Crippen LogP contribution in [0.25, 0.3) is 0 Å². The molecule has 10 heteroatoms. The van der Waals surface area contributed by atoms with E-state index in [4.69, 9.17) is 0 Å². The fourth-order valence-electron chi connectivity index (χ4n) is 2.46. The molecule has 162 valence electrons. The van der Waals surface area contributed by atoms with E-state index in [1.165, 1.54) is 24.3 Å². The molecule has 0 saturated carbocycles. The van der Waals surface area contributed by atoms with E-state index in [0.717, 1.165) is 0 Å². The van der Waals surface area contributed by atoms with Gasteiger partial charge in [-0.2, -0.15) is 17.6 Å². The van der Waals surface area contributed by atoms with E-state index in [2.05, 4.69) is 10.6 Å². The quantitative estimate of drug-likeness (QED) is 0.230. The number of halogens is 4. The Kier molecular flexibility index (Phi) is 10.0. The lowest BCUT2D eigenvalue weighted by Crippen LogP contribution is -2.13. The minimum atomic E-state index is -2.49. The summed E-state index contributed by atoms with van der Waals surface area (Å²) >= 11 is 0.868. The van der Waals surface area contributed by atoms with Crippen molar-refractivity contribution >= 4 is 46.7 Å². The van der Waals surface area contributed by atoms with Crippen molar-refractivity contribution in [2.24, 2.45) is 0 Å². The van der Waals surface area contributed by atoms with Crippen LogP contribution in [-0.2, 0) is 9.59 Å².